The maximum absolute atomic E-state index is 11.8. The number of Topliss-reactive ketones (excluding diaryl/α,β-unsaturated/α-hetero) is 1. The molecule has 0 spiro atoms. The van der Waals surface area contributed by atoms with Crippen molar-refractivity contribution in [3.63, 3.8) is 0 Å². The highest BCUT2D eigenvalue weighted by molar-refractivity contribution is 5.89. The molecule has 3 nitrogen and oxygen atoms in total. The number of hydrogen-bond donors (Lipinski definition) is 0. The first-order valence-electron chi connectivity index (χ1n) is 5.25. The zero-order valence-corrected chi connectivity index (χ0v) is 8.97. The van der Waals surface area contributed by atoms with Gasteiger partial charge in [-0.1, -0.05) is 13.3 Å². The first-order chi connectivity index (χ1) is 6.64. The Bertz CT molecular complexity index is 235. The number of carbonyl (C=O) groups excluding carboxylic acids is 2. The van der Waals surface area contributed by atoms with Gasteiger partial charge in [0.15, 0.2) is 0 Å². The van der Waals surface area contributed by atoms with Crippen molar-refractivity contribution in [3.05, 3.63) is 0 Å². The molecule has 1 rings (SSSR count). The van der Waals surface area contributed by atoms with Crippen molar-refractivity contribution in [1.29, 1.82) is 0 Å². The number of rotatable bonds is 3. The highest BCUT2D eigenvalue weighted by Gasteiger charge is 2.40. The van der Waals surface area contributed by atoms with E-state index in [1.54, 1.807) is 0 Å². The van der Waals surface area contributed by atoms with Crippen LogP contribution in [0.4, 0.5) is 0 Å². The summed E-state index contributed by atoms with van der Waals surface area (Å²) in [6.07, 6.45) is 4.51. The Labute approximate surface area is 84.8 Å². The van der Waals surface area contributed by atoms with Crippen LogP contribution in [0.25, 0.3) is 0 Å². The van der Waals surface area contributed by atoms with Crippen molar-refractivity contribution in [1.82, 2.24) is 0 Å². The summed E-state index contributed by atoms with van der Waals surface area (Å²) < 4.78 is 4.64. The maximum Gasteiger partial charge on any atom is 0.306 e. The van der Waals surface area contributed by atoms with E-state index in [1.807, 2.05) is 6.92 Å². The lowest BCUT2D eigenvalue weighted by Gasteiger charge is -2.33. The van der Waals surface area contributed by atoms with Gasteiger partial charge < -0.3 is 4.74 Å². The minimum atomic E-state index is -0.411. The fourth-order valence-corrected chi connectivity index (χ4v) is 2.19. The Hall–Kier alpha value is -0.860. The summed E-state index contributed by atoms with van der Waals surface area (Å²) in [6, 6.07) is 0. The molecule has 0 aromatic carbocycles. The van der Waals surface area contributed by atoms with Crippen LogP contribution < -0.4 is 0 Å². The standard InChI is InChI=1S/C11H18O3/c1-3-11(8-10(13)14-2)7-5-4-6-9(11)12/h3-8H2,1-2H3/t11-/m0/s1. The first kappa shape index (κ1) is 11.2. The largest absolute Gasteiger partial charge is 0.469 e. The number of esters is 1. The second kappa shape index (κ2) is 4.58. The average Bonchev–Trinajstić information content (AvgIpc) is 2.21. The number of methoxy groups -OCH3 is 1. The molecule has 0 radical (unpaired) electrons. The van der Waals surface area contributed by atoms with Crippen molar-refractivity contribution in [2.75, 3.05) is 7.11 Å². The van der Waals surface area contributed by atoms with E-state index in [-0.39, 0.29) is 18.2 Å². The molecule has 0 heterocycles. The molecule has 14 heavy (non-hydrogen) atoms. The zero-order chi connectivity index (χ0) is 10.6. The average molecular weight is 198 g/mol. The van der Waals surface area contributed by atoms with E-state index >= 15 is 0 Å². The fraction of sp³-hybridized carbons (Fsp3) is 0.818. The lowest BCUT2D eigenvalue weighted by Crippen LogP contribution is -2.36. The second-order valence-electron chi connectivity index (χ2n) is 4.02. The van der Waals surface area contributed by atoms with E-state index < -0.39 is 5.41 Å². The summed E-state index contributed by atoms with van der Waals surface area (Å²) in [6.45, 7) is 1.98. The number of ketones is 1. The molecule has 80 valence electrons. The van der Waals surface area contributed by atoms with E-state index in [0.717, 1.165) is 25.7 Å². The molecule has 0 aromatic rings. The number of hydrogen-bond acceptors (Lipinski definition) is 3. The van der Waals surface area contributed by atoms with Gasteiger partial charge in [0, 0.05) is 11.8 Å². The van der Waals surface area contributed by atoms with Crippen molar-refractivity contribution < 1.29 is 14.3 Å². The Morgan fingerprint density at radius 1 is 1.50 bits per heavy atom. The zero-order valence-electron chi connectivity index (χ0n) is 8.97. The van der Waals surface area contributed by atoms with Crippen LogP contribution >= 0.6 is 0 Å². The van der Waals surface area contributed by atoms with Gasteiger partial charge in [-0.15, -0.1) is 0 Å². The van der Waals surface area contributed by atoms with Gasteiger partial charge in [-0.3, -0.25) is 9.59 Å². The Morgan fingerprint density at radius 3 is 2.71 bits per heavy atom. The molecular weight excluding hydrogens is 180 g/mol. The van der Waals surface area contributed by atoms with Crippen LogP contribution in [-0.4, -0.2) is 18.9 Å². The molecule has 0 amide bonds. The Balaban J connectivity index is 2.72. The minimum absolute atomic E-state index is 0.247. The van der Waals surface area contributed by atoms with Crippen LogP contribution in [0, 0.1) is 5.41 Å². The second-order valence-corrected chi connectivity index (χ2v) is 4.02. The van der Waals surface area contributed by atoms with Gasteiger partial charge >= 0.3 is 5.97 Å². The third-order valence-corrected chi connectivity index (χ3v) is 3.29. The fourth-order valence-electron chi connectivity index (χ4n) is 2.19. The quantitative estimate of drug-likeness (QED) is 0.652. The van der Waals surface area contributed by atoms with Crippen LogP contribution in [0.2, 0.25) is 0 Å². The topological polar surface area (TPSA) is 43.4 Å². The van der Waals surface area contributed by atoms with E-state index in [1.165, 1.54) is 7.11 Å². The predicted molar refractivity (Wildman–Crippen MR) is 52.8 cm³/mol. The summed E-state index contributed by atoms with van der Waals surface area (Å²) in [5.74, 6) is -0.0150. The van der Waals surface area contributed by atoms with Crippen LogP contribution in [-0.2, 0) is 14.3 Å². The van der Waals surface area contributed by atoms with Crippen molar-refractivity contribution in [2.45, 2.75) is 45.4 Å². The van der Waals surface area contributed by atoms with E-state index in [2.05, 4.69) is 4.74 Å². The van der Waals surface area contributed by atoms with Crippen LogP contribution in [0.3, 0.4) is 0 Å². The van der Waals surface area contributed by atoms with Gasteiger partial charge in [0.25, 0.3) is 0 Å². The van der Waals surface area contributed by atoms with Crippen molar-refractivity contribution >= 4 is 11.8 Å². The molecule has 0 saturated heterocycles. The predicted octanol–water partition coefficient (Wildman–Crippen LogP) is 2.09. The summed E-state index contributed by atoms with van der Waals surface area (Å²) in [5, 5.41) is 0. The SMILES string of the molecule is CC[C@@]1(CC(=O)OC)CCCCC1=O. The summed E-state index contributed by atoms with van der Waals surface area (Å²) in [4.78, 5) is 23.0. The Morgan fingerprint density at radius 2 is 2.21 bits per heavy atom. The Kier molecular flexibility index (Phi) is 3.67. The summed E-state index contributed by atoms with van der Waals surface area (Å²) in [5.41, 5.74) is -0.411. The van der Waals surface area contributed by atoms with Gasteiger partial charge in [-0.2, -0.15) is 0 Å². The molecule has 1 saturated carbocycles. The lowest BCUT2D eigenvalue weighted by molar-refractivity contribution is -0.149. The molecule has 3 heteroatoms. The summed E-state index contributed by atoms with van der Waals surface area (Å²) >= 11 is 0. The van der Waals surface area contributed by atoms with Crippen LogP contribution in [0.1, 0.15) is 45.4 Å². The van der Waals surface area contributed by atoms with E-state index in [9.17, 15) is 9.59 Å². The van der Waals surface area contributed by atoms with Crippen LogP contribution in [0.15, 0.2) is 0 Å². The molecule has 0 bridgehead atoms. The molecule has 0 N–H and O–H groups in total. The van der Waals surface area contributed by atoms with E-state index in [4.69, 9.17) is 0 Å². The minimum Gasteiger partial charge on any atom is -0.469 e. The van der Waals surface area contributed by atoms with Gasteiger partial charge in [0.2, 0.25) is 0 Å². The molecule has 1 aliphatic rings. The monoisotopic (exact) mass is 198 g/mol. The van der Waals surface area contributed by atoms with Gasteiger partial charge in [-0.25, -0.2) is 0 Å². The molecule has 0 unspecified atom stereocenters. The van der Waals surface area contributed by atoms with Gasteiger partial charge in [0.1, 0.15) is 5.78 Å². The highest BCUT2D eigenvalue weighted by Crippen LogP contribution is 2.39. The molecule has 0 aromatic heterocycles. The van der Waals surface area contributed by atoms with Crippen molar-refractivity contribution in [3.8, 4) is 0 Å². The summed E-state index contributed by atoms with van der Waals surface area (Å²) in [7, 11) is 1.37. The first-order valence-corrected chi connectivity index (χ1v) is 5.25. The molecular formula is C11H18O3. The van der Waals surface area contributed by atoms with Gasteiger partial charge in [-0.05, 0) is 19.3 Å². The number of ether oxygens (including phenoxy) is 1. The third-order valence-electron chi connectivity index (χ3n) is 3.29. The molecule has 1 atom stereocenters. The smallest absolute Gasteiger partial charge is 0.306 e. The molecule has 1 fully saturated rings. The number of carbonyl (C=O) groups is 2. The lowest BCUT2D eigenvalue weighted by atomic mass is 9.69. The normalized spacial score (nSPS) is 27.4. The highest BCUT2D eigenvalue weighted by atomic mass is 16.5. The van der Waals surface area contributed by atoms with E-state index in [0.29, 0.717) is 6.42 Å². The van der Waals surface area contributed by atoms with Crippen LogP contribution in [0.5, 0.6) is 0 Å². The van der Waals surface area contributed by atoms with Crippen molar-refractivity contribution in [2.24, 2.45) is 5.41 Å². The third kappa shape index (κ3) is 2.14. The molecule has 0 aliphatic heterocycles. The van der Waals surface area contributed by atoms with Gasteiger partial charge in [0.05, 0.1) is 13.5 Å². The maximum atomic E-state index is 11.8. The molecule has 1 aliphatic carbocycles.